The normalized spacial score (nSPS) is 11.9. The van der Waals surface area contributed by atoms with Gasteiger partial charge in [-0.05, 0) is 11.1 Å². The molecule has 0 aliphatic rings. The van der Waals surface area contributed by atoms with E-state index >= 15 is 0 Å². The molecule has 0 atom stereocenters. The molecule has 6 nitrogen and oxygen atoms in total. The molecule has 0 aliphatic carbocycles. The van der Waals surface area contributed by atoms with Crippen LogP contribution >= 0.6 is 0 Å². The molecule has 0 fully saturated rings. The monoisotopic (exact) mass is 294 g/mol. The Morgan fingerprint density at radius 2 is 2.05 bits per heavy atom. The zero-order chi connectivity index (χ0) is 14.6. The number of nitrogens with one attached hydrogen (secondary N) is 1. The number of nitrogens with two attached hydrogens (primary N) is 1. The number of H-pyrrole nitrogens is 1. The van der Waals surface area contributed by atoms with Gasteiger partial charge in [0.05, 0.1) is 11.9 Å². The van der Waals surface area contributed by atoms with Crippen molar-refractivity contribution in [3.63, 3.8) is 0 Å². The molecule has 0 spiro atoms. The molecule has 7 heteroatoms. The van der Waals surface area contributed by atoms with E-state index in [1.165, 1.54) is 4.31 Å². The van der Waals surface area contributed by atoms with Gasteiger partial charge in [-0.25, -0.2) is 12.7 Å². The Hall–Kier alpha value is -1.70. The highest BCUT2D eigenvalue weighted by atomic mass is 32.2. The second-order valence-electron chi connectivity index (χ2n) is 4.64. The Labute approximate surface area is 118 Å². The van der Waals surface area contributed by atoms with Gasteiger partial charge in [-0.15, -0.1) is 0 Å². The van der Waals surface area contributed by atoms with E-state index in [9.17, 15) is 8.42 Å². The average Bonchev–Trinajstić information content (AvgIpc) is 2.91. The third kappa shape index (κ3) is 3.66. The summed E-state index contributed by atoms with van der Waals surface area (Å²) >= 11 is 0. The van der Waals surface area contributed by atoms with E-state index in [0.717, 1.165) is 16.7 Å². The van der Waals surface area contributed by atoms with Crippen LogP contribution in [0.3, 0.4) is 0 Å². The summed E-state index contributed by atoms with van der Waals surface area (Å²) in [5, 5.41) is 6.47. The van der Waals surface area contributed by atoms with Gasteiger partial charge in [0.1, 0.15) is 0 Å². The minimum atomic E-state index is -3.36. The van der Waals surface area contributed by atoms with E-state index in [0.29, 0.717) is 13.1 Å². The highest BCUT2D eigenvalue weighted by molar-refractivity contribution is 7.88. The summed E-state index contributed by atoms with van der Waals surface area (Å²) in [6, 6.07) is 7.32. The van der Waals surface area contributed by atoms with E-state index in [1.54, 1.807) is 25.5 Å². The lowest BCUT2D eigenvalue weighted by Crippen LogP contribution is -2.27. The molecule has 1 aromatic carbocycles. The summed E-state index contributed by atoms with van der Waals surface area (Å²) < 4.78 is 25.9. The topological polar surface area (TPSA) is 92.1 Å². The van der Waals surface area contributed by atoms with Crippen molar-refractivity contribution in [2.24, 2.45) is 5.73 Å². The number of nitrogens with zero attached hydrogens (tertiary/aromatic N) is 2. The fourth-order valence-corrected chi connectivity index (χ4v) is 3.05. The summed E-state index contributed by atoms with van der Waals surface area (Å²) in [5.74, 6) is -0.0325. The number of benzene rings is 1. The van der Waals surface area contributed by atoms with E-state index in [-0.39, 0.29) is 5.75 Å². The van der Waals surface area contributed by atoms with Crippen LogP contribution in [0.5, 0.6) is 0 Å². The first-order valence-corrected chi connectivity index (χ1v) is 7.82. The molecule has 0 bridgehead atoms. The Morgan fingerprint density at radius 1 is 1.30 bits per heavy atom. The molecule has 2 rings (SSSR count). The van der Waals surface area contributed by atoms with E-state index in [1.807, 2.05) is 18.2 Å². The largest absolute Gasteiger partial charge is 0.326 e. The van der Waals surface area contributed by atoms with Crippen LogP contribution in [-0.2, 0) is 28.9 Å². The molecule has 2 aromatic rings. The van der Waals surface area contributed by atoms with Crippen LogP contribution in [0.4, 0.5) is 0 Å². The number of aromatic amines is 1. The summed E-state index contributed by atoms with van der Waals surface area (Å²) in [6.07, 6.45) is 3.29. The molecule has 20 heavy (non-hydrogen) atoms. The first kappa shape index (κ1) is 14.7. The lowest BCUT2D eigenvalue weighted by molar-refractivity contribution is 0.466. The van der Waals surface area contributed by atoms with Crippen molar-refractivity contribution in [3.8, 4) is 0 Å². The summed E-state index contributed by atoms with van der Waals surface area (Å²) in [7, 11) is -1.80. The predicted octanol–water partition coefficient (Wildman–Crippen LogP) is 0.830. The highest BCUT2D eigenvalue weighted by Crippen LogP contribution is 2.13. The number of rotatable bonds is 6. The van der Waals surface area contributed by atoms with Gasteiger partial charge < -0.3 is 5.73 Å². The molecule has 0 radical (unpaired) electrons. The van der Waals surface area contributed by atoms with Crippen LogP contribution in [-0.4, -0.2) is 30.0 Å². The van der Waals surface area contributed by atoms with Gasteiger partial charge in [0.2, 0.25) is 10.0 Å². The molecule has 0 aliphatic heterocycles. The molecule has 1 aromatic heterocycles. The Balaban J connectivity index is 2.09. The molecule has 0 amide bonds. The minimum Gasteiger partial charge on any atom is -0.326 e. The third-order valence-electron chi connectivity index (χ3n) is 3.01. The number of aromatic nitrogens is 2. The lowest BCUT2D eigenvalue weighted by Gasteiger charge is -2.16. The molecule has 0 saturated carbocycles. The van der Waals surface area contributed by atoms with Gasteiger partial charge in [0.25, 0.3) is 0 Å². The maximum atomic E-state index is 12.3. The number of sulfonamides is 1. The van der Waals surface area contributed by atoms with Gasteiger partial charge in [-0.1, -0.05) is 24.3 Å². The van der Waals surface area contributed by atoms with Crippen molar-refractivity contribution >= 4 is 10.0 Å². The van der Waals surface area contributed by atoms with Gasteiger partial charge in [0.15, 0.2) is 0 Å². The Bertz CT molecular complexity index is 653. The van der Waals surface area contributed by atoms with Crippen LogP contribution in [0.25, 0.3) is 0 Å². The van der Waals surface area contributed by atoms with Gasteiger partial charge in [-0.2, -0.15) is 5.10 Å². The average molecular weight is 294 g/mol. The first-order chi connectivity index (χ1) is 9.51. The SMILES string of the molecule is CN(Cc1cn[nH]c1)S(=O)(=O)Cc1cccc(CN)c1. The van der Waals surface area contributed by atoms with Crippen LogP contribution < -0.4 is 5.73 Å². The van der Waals surface area contributed by atoms with E-state index in [2.05, 4.69) is 10.2 Å². The molecule has 1 heterocycles. The molecular formula is C13H18N4O2S. The van der Waals surface area contributed by atoms with Crippen LogP contribution in [0.15, 0.2) is 36.7 Å². The molecule has 3 N–H and O–H groups in total. The highest BCUT2D eigenvalue weighted by Gasteiger charge is 2.19. The molecular weight excluding hydrogens is 276 g/mol. The van der Waals surface area contributed by atoms with Gasteiger partial charge in [-0.3, -0.25) is 5.10 Å². The number of hydrogen-bond donors (Lipinski definition) is 2. The maximum Gasteiger partial charge on any atom is 0.218 e. The second kappa shape index (κ2) is 6.17. The fraction of sp³-hybridized carbons (Fsp3) is 0.308. The zero-order valence-electron chi connectivity index (χ0n) is 11.3. The van der Waals surface area contributed by atoms with Crippen molar-refractivity contribution in [1.82, 2.24) is 14.5 Å². The molecule has 0 unspecified atom stereocenters. The predicted molar refractivity (Wildman–Crippen MR) is 77.0 cm³/mol. The summed E-state index contributed by atoms with van der Waals surface area (Å²) in [5.41, 5.74) is 8.06. The molecule has 108 valence electrons. The van der Waals surface area contributed by atoms with E-state index in [4.69, 9.17) is 5.73 Å². The standard InChI is InChI=1S/C13H18N4O2S/c1-17(9-13-7-15-16-8-13)20(18,19)10-12-4-2-3-11(5-12)6-14/h2-5,7-8H,6,9-10,14H2,1H3,(H,15,16). The third-order valence-corrected chi connectivity index (χ3v) is 4.79. The van der Waals surface area contributed by atoms with Crippen LogP contribution in [0.1, 0.15) is 16.7 Å². The van der Waals surface area contributed by atoms with Crippen molar-refractivity contribution < 1.29 is 8.42 Å². The van der Waals surface area contributed by atoms with Gasteiger partial charge >= 0.3 is 0 Å². The van der Waals surface area contributed by atoms with Gasteiger partial charge in [0, 0.05) is 31.9 Å². The summed E-state index contributed by atoms with van der Waals surface area (Å²) in [6.45, 7) is 0.703. The minimum absolute atomic E-state index is 0.0325. The lowest BCUT2D eigenvalue weighted by atomic mass is 10.1. The fourth-order valence-electron chi connectivity index (χ4n) is 1.89. The quantitative estimate of drug-likeness (QED) is 0.825. The Kier molecular flexibility index (Phi) is 4.53. The van der Waals surface area contributed by atoms with Crippen molar-refractivity contribution in [1.29, 1.82) is 0 Å². The summed E-state index contributed by atoms with van der Waals surface area (Å²) in [4.78, 5) is 0. The first-order valence-electron chi connectivity index (χ1n) is 6.21. The van der Waals surface area contributed by atoms with Crippen LogP contribution in [0, 0.1) is 0 Å². The van der Waals surface area contributed by atoms with Crippen molar-refractivity contribution in [3.05, 3.63) is 53.3 Å². The maximum absolute atomic E-state index is 12.3. The smallest absolute Gasteiger partial charge is 0.218 e. The van der Waals surface area contributed by atoms with Crippen molar-refractivity contribution in [2.45, 2.75) is 18.8 Å². The zero-order valence-corrected chi connectivity index (χ0v) is 12.1. The number of hydrogen-bond acceptors (Lipinski definition) is 4. The Morgan fingerprint density at radius 3 is 2.70 bits per heavy atom. The van der Waals surface area contributed by atoms with E-state index < -0.39 is 10.0 Å². The molecule has 0 saturated heterocycles. The van der Waals surface area contributed by atoms with Crippen molar-refractivity contribution in [2.75, 3.05) is 7.05 Å². The van der Waals surface area contributed by atoms with Crippen LogP contribution in [0.2, 0.25) is 0 Å². The second-order valence-corrected chi connectivity index (χ2v) is 6.72.